The Morgan fingerprint density at radius 1 is 0.633 bits per heavy atom. The molecule has 22 nitrogen and oxygen atoms in total. The number of carboxylic acid groups (broad SMARTS) is 2. The van der Waals surface area contributed by atoms with Crippen molar-refractivity contribution in [2.24, 2.45) is 11.5 Å². The summed E-state index contributed by atoms with van der Waals surface area (Å²) in [5.41, 5.74) is 10.7. The second-order valence-electron chi connectivity index (χ2n) is 10.7. The summed E-state index contributed by atoms with van der Waals surface area (Å²) in [6.45, 7) is -0.104. The van der Waals surface area contributed by atoms with Crippen LogP contribution in [0.2, 0.25) is 0 Å². The summed E-state index contributed by atoms with van der Waals surface area (Å²) in [7, 11) is 0. The van der Waals surface area contributed by atoms with Gasteiger partial charge < -0.3 is 69.1 Å². The highest BCUT2D eigenvalue weighted by molar-refractivity contribution is 5.95. The maximum absolute atomic E-state index is 12.6. The first-order chi connectivity index (χ1) is 23.0. The standard InChI is InChI=1S/C27H47N9O13/c1-13(23(44)30-11-20(41)34-15(5-3-4-8-28)26(47)36-22(14(2)38)27(48)49)32-19(40)10-31-24(45)17(12-37)35-25(46)16(6-7-21(42)43)33-18(39)9-29/h13-17,22,37-38H,3-12,28-29H2,1-2H3,(H,30,44)(H,31,45)(H,32,40)(H,33,39)(H,34,41)(H,35,46)(H,36,47)(H,42,43)(H,48,49)/t13-,14+,15-,16-,17-,22-/m0/s1. The highest BCUT2D eigenvalue weighted by Crippen LogP contribution is 2.04. The SMILES string of the molecule is C[C@H](NC(=O)CNC(=O)[C@H](CO)NC(=O)[C@H](CCC(=O)O)NC(=O)CN)C(=O)NCC(=O)N[C@@H](CCCCN)C(=O)N[C@H](C(=O)O)[C@@H](C)O. The molecule has 0 radical (unpaired) electrons. The Balaban J connectivity index is 5.02. The van der Waals surface area contributed by atoms with Gasteiger partial charge >= 0.3 is 11.9 Å². The van der Waals surface area contributed by atoms with Crippen LogP contribution in [-0.4, -0.2) is 143 Å². The van der Waals surface area contributed by atoms with Gasteiger partial charge in [-0.15, -0.1) is 0 Å². The lowest BCUT2D eigenvalue weighted by molar-refractivity contribution is -0.145. The van der Waals surface area contributed by atoms with Crippen molar-refractivity contribution in [3.63, 3.8) is 0 Å². The zero-order chi connectivity index (χ0) is 37.7. The van der Waals surface area contributed by atoms with Gasteiger partial charge in [0.15, 0.2) is 6.04 Å². The Hall–Kier alpha value is -4.93. The minimum atomic E-state index is -1.64. The number of amides is 7. The van der Waals surface area contributed by atoms with Gasteiger partial charge in [-0.3, -0.25) is 38.4 Å². The van der Waals surface area contributed by atoms with E-state index in [2.05, 4.69) is 37.2 Å². The zero-order valence-corrected chi connectivity index (χ0v) is 27.2. The first-order valence-electron chi connectivity index (χ1n) is 15.1. The van der Waals surface area contributed by atoms with Gasteiger partial charge in [0.2, 0.25) is 41.4 Å². The lowest BCUT2D eigenvalue weighted by Gasteiger charge is -2.23. The Morgan fingerprint density at radius 3 is 1.67 bits per heavy atom. The van der Waals surface area contributed by atoms with Gasteiger partial charge in [0.05, 0.1) is 32.3 Å². The van der Waals surface area contributed by atoms with Crippen LogP contribution in [0.5, 0.6) is 0 Å². The molecule has 6 atom stereocenters. The van der Waals surface area contributed by atoms with Gasteiger partial charge in [-0.05, 0) is 46.1 Å². The van der Waals surface area contributed by atoms with Crippen LogP contribution in [0, 0.1) is 0 Å². The number of unbranched alkanes of at least 4 members (excludes halogenated alkanes) is 1. The molecule has 7 amide bonds. The second-order valence-corrected chi connectivity index (χ2v) is 10.7. The largest absolute Gasteiger partial charge is 0.481 e. The predicted octanol–water partition coefficient (Wildman–Crippen LogP) is -6.93. The van der Waals surface area contributed by atoms with Crippen molar-refractivity contribution < 1.29 is 63.6 Å². The highest BCUT2D eigenvalue weighted by atomic mass is 16.4. The molecule has 0 fully saturated rings. The number of aliphatic hydroxyl groups excluding tert-OH is 2. The molecule has 0 aromatic heterocycles. The van der Waals surface area contributed by atoms with E-state index >= 15 is 0 Å². The van der Waals surface area contributed by atoms with E-state index in [1.165, 1.54) is 6.92 Å². The van der Waals surface area contributed by atoms with E-state index in [4.69, 9.17) is 16.6 Å². The van der Waals surface area contributed by atoms with E-state index in [9.17, 15) is 58.5 Å². The fraction of sp³-hybridized carbons (Fsp3) is 0.667. The monoisotopic (exact) mass is 705 g/mol. The minimum Gasteiger partial charge on any atom is -0.481 e. The number of rotatable bonds is 24. The molecule has 0 bridgehead atoms. The molecule has 278 valence electrons. The molecule has 0 aliphatic rings. The molecule has 49 heavy (non-hydrogen) atoms. The first kappa shape index (κ1) is 44.1. The number of aliphatic hydroxyl groups is 2. The summed E-state index contributed by atoms with van der Waals surface area (Å²) in [5.74, 6) is -9.01. The topological polar surface area (TPSA) is 371 Å². The summed E-state index contributed by atoms with van der Waals surface area (Å²) >= 11 is 0. The van der Waals surface area contributed by atoms with Crippen molar-refractivity contribution in [2.45, 2.75) is 82.3 Å². The normalized spacial score (nSPS) is 14.3. The van der Waals surface area contributed by atoms with Crippen molar-refractivity contribution in [3.05, 3.63) is 0 Å². The fourth-order valence-electron chi connectivity index (χ4n) is 3.87. The number of nitrogens with two attached hydrogens (primary N) is 2. The van der Waals surface area contributed by atoms with Gasteiger partial charge in [-0.25, -0.2) is 4.79 Å². The van der Waals surface area contributed by atoms with Crippen LogP contribution in [0.15, 0.2) is 0 Å². The van der Waals surface area contributed by atoms with Crippen LogP contribution in [-0.2, 0) is 43.2 Å². The molecule has 0 heterocycles. The van der Waals surface area contributed by atoms with E-state index in [0.29, 0.717) is 19.4 Å². The molecule has 0 spiro atoms. The Kier molecular flexibility index (Phi) is 21.0. The van der Waals surface area contributed by atoms with Crippen LogP contribution in [0.1, 0.15) is 46.0 Å². The number of carbonyl (C=O) groups excluding carboxylic acids is 7. The molecule has 0 unspecified atom stereocenters. The van der Waals surface area contributed by atoms with Crippen LogP contribution < -0.4 is 48.7 Å². The Labute approximate surface area is 280 Å². The van der Waals surface area contributed by atoms with E-state index in [1.807, 2.05) is 0 Å². The summed E-state index contributed by atoms with van der Waals surface area (Å²) in [6.07, 6.45) is -1.34. The summed E-state index contributed by atoms with van der Waals surface area (Å²) < 4.78 is 0. The Bertz CT molecular complexity index is 1180. The first-order valence-corrected chi connectivity index (χ1v) is 15.1. The van der Waals surface area contributed by atoms with Crippen LogP contribution >= 0.6 is 0 Å². The summed E-state index contributed by atoms with van der Waals surface area (Å²) in [4.78, 5) is 109. The number of hydrogen-bond donors (Lipinski definition) is 13. The quantitative estimate of drug-likeness (QED) is 0.0415. The van der Waals surface area contributed by atoms with Gasteiger partial charge in [0, 0.05) is 6.42 Å². The molecule has 0 aromatic carbocycles. The van der Waals surface area contributed by atoms with E-state index in [0.717, 1.165) is 6.92 Å². The van der Waals surface area contributed by atoms with Crippen LogP contribution in [0.4, 0.5) is 0 Å². The predicted molar refractivity (Wildman–Crippen MR) is 167 cm³/mol. The number of aliphatic carboxylic acids is 2. The van der Waals surface area contributed by atoms with Crippen molar-refractivity contribution in [1.82, 2.24) is 37.2 Å². The molecule has 0 aliphatic heterocycles. The number of carboxylic acids is 2. The van der Waals surface area contributed by atoms with E-state index in [-0.39, 0.29) is 12.8 Å². The molecule has 0 rings (SSSR count). The molecule has 22 heteroatoms. The molecule has 0 aromatic rings. The number of hydrogen-bond acceptors (Lipinski definition) is 13. The number of carbonyl (C=O) groups is 9. The third kappa shape index (κ3) is 18.3. The van der Waals surface area contributed by atoms with Gasteiger partial charge in [-0.2, -0.15) is 0 Å². The van der Waals surface area contributed by atoms with E-state index in [1.54, 1.807) is 0 Å². The summed E-state index contributed by atoms with van der Waals surface area (Å²) in [6, 6.07) is -7.09. The van der Waals surface area contributed by atoms with Crippen molar-refractivity contribution >= 4 is 53.3 Å². The van der Waals surface area contributed by atoms with Crippen molar-refractivity contribution in [3.8, 4) is 0 Å². The molecule has 0 saturated heterocycles. The number of nitrogens with one attached hydrogen (secondary N) is 7. The molecular formula is C27H47N9O13. The third-order valence-corrected chi connectivity index (χ3v) is 6.56. The smallest absolute Gasteiger partial charge is 0.328 e. The summed E-state index contributed by atoms with van der Waals surface area (Å²) in [5, 5.41) is 52.7. The second kappa shape index (κ2) is 23.4. The van der Waals surface area contributed by atoms with Crippen LogP contribution in [0.25, 0.3) is 0 Å². The van der Waals surface area contributed by atoms with Gasteiger partial charge in [0.25, 0.3) is 0 Å². The molecule has 0 aliphatic carbocycles. The minimum absolute atomic E-state index is 0.0734. The van der Waals surface area contributed by atoms with E-state index < -0.39 is 122 Å². The van der Waals surface area contributed by atoms with Crippen molar-refractivity contribution in [2.75, 3.05) is 32.8 Å². The zero-order valence-electron chi connectivity index (χ0n) is 27.2. The van der Waals surface area contributed by atoms with Gasteiger partial charge in [-0.1, -0.05) is 0 Å². The lowest BCUT2D eigenvalue weighted by atomic mass is 10.1. The fourth-order valence-corrected chi connectivity index (χ4v) is 3.87. The average Bonchev–Trinajstić information content (AvgIpc) is 3.04. The average molecular weight is 706 g/mol. The maximum Gasteiger partial charge on any atom is 0.328 e. The maximum atomic E-state index is 12.6. The van der Waals surface area contributed by atoms with Crippen molar-refractivity contribution in [1.29, 1.82) is 0 Å². The van der Waals surface area contributed by atoms with Crippen LogP contribution in [0.3, 0.4) is 0 Å². The Morgan fingerprint density at radius 2 is 1.16 bits per heavy atom. The van der Waals surface area contributed by atoms with Gasteiger partial charge in [0.1, 0.15) is 24.2 Å². The lowest BCUT2D eigenvalue weighted by Crippen LogP contribution is -2.57. The molecule has 15 N–H and O–H groups in total. The molecule has 0 saturated carbocycles. The highest BCUT2D eigenvalue weighted by Gasteiger charge is 2.30. The molecular weight excluding hydrogens is 658 g/mol. The third-order valence-electron chi connectivity index (χ3n) is 6.56.